The molecule has 3 aromatic rings. The van der Waals surface area contributed by atoms with Crippen molar-refractivity contribution in [2.24, 2.45) is 0 Å². The number of pyridine rings is 1. The van der Waals surface area contributed by atoms with Gasteiger partial charge in [-0.3, -0.25) is 9.38 Å². The Hall–Kier alpha value is -2.82. The first-order valence-electron chi connectivity index (χ1n) is 9.48. The molecule has 3 aromatic heterocycles. The topological polar surface area (TPSA) is 74.4 Å². The van der Waals surface area contributed by atoms with E-state index >= 15 is 0 Å². The van der Waals surface area contributed by atoms with Gasteiger partial charge < -0.3 is 9.47 Å². The predicted molar refractivity (Wildman–Crippen MR) is 97.3 cm³/mol. The molecule has 11 heteroatoms. The fraction of sp³-hybridized carbons (Fsp3) is 0.474. The van der Waals surface area contributed by atoms with Crippen LogP contribution in [0.25, 0.3) is 16.9 Å². The van der Waals surface area contributed by atoms with Crippen LogP contribution in [0.15, 0.2) is 24.7 Å². The van der Waals surface area contributed by atoms with Gasteiger partial charge in [-0.25, -0.2) is 9.37 Å². The van der Waals surface area contributed by atoms with E-state index in [9.17, 15) is 17.6 Å². The van der Waals surface area contributed by atoms with E-state index in [0.29, 0.717) is 30.2 Å². The molecule has 1 aliphatic carbocycles. The third kappa shape index (κ3) is 3.47. The largest absolute Gasteiger partial charge is 0.459 e. The van der Waals surface area contributed by atoms with E-state index in [4.69, 9.17) is 9.47 Å². The van der Waals surface area contributed by atoms with Crippen LogP contribution < -0.4 is 4.74 Å². The number of ether oxygens (including phenoxy) is 2. The van der Waals surface area contributed by atoms with Crippen LogP contribution in [0, 0.1) is 5.82 Å². The number of hydrogen-bond acceptors (Lipinski definition) is 6. The van der Waals surface area contributed by atoms with Crippen molar-refractivity contribution < 1.29 is 27.0 Å². The Labute approximate surface area is 169 Å². The summed E-state index contributed by atoms with van der Waals surface area (Å²) in [5.74, 6) is -1.12. The first-order valence-corrected chi connectivity index (χ1v) is 9.48. The maximum atomic E-state index is 14.5. The zero-order valence-electron chi connectivity index (χ0n) is 16.3. The first kappa shape index (κ1) is 20.5. The molecular formula is C19H19F4N5O2. The summed E-state index contributed by atoms with van der Waals surface area (Å²) in [7, 11) is 0. The Bertz CT molecular complexity index is 1060. The van der Waals surface area contributed by atoms with Crippen LogP contribution in [-0.2, 0) is 4.74 Å². The predicted octanol–water partition coefficient (Wildman–Crippen LogP) is 4.29. The van der Waals surface area contributed by atoms with Gasteiger partial charge in [-0.1, -0.05) is 0 Å². The number of alkyl halides is 3. The SMILES string of the molecule is CCO[C@H](C)c1nnc2cnc(-c3cnc(OC4(C(F)(F)F)CCC4)c(F)c3)cn12. The van der Waals surface area contributed by atoms with Crippen molar-refractivity contribution in [3.05, 3.63) is 36.3 Å². The number of rotatable bonds is 6. The fourth-order valence-electron chi connectivity index (χ4n) is 3.34. The molecule has 7 nitrogen and oxygen atoms in total. The summed E-state index contributed by atoms with van der Waals surface area (Å²) in [5, 5.41) is 8.11. The monoisotopic (exact) mass is 425 g/mol. The second-order valence-corrected chi connectivity index (χ2v) is 7.12. The normalized spacial score (nSPS) is 17.0. The quantitative estimate of drug-likeness (QED) is 0.549. The second kappa shape index (κ2) is 7.46. The summed E-state index contributed by atoms with van der Waals surface area (Å²) in [6.07, 6.45) is -0.701. The Balaban J connectivity index is 1.64. The highest BCUT2D eigenvalue weighted by Gasteiger charge is 2.61. The van der Waals surface area contributed by atoms with E-state index < -0.39 is 23.5 Å². The first-order chi connectivity index (χ1) is 14.2. The highest BCUT2D eigenvalue weighted by atomic mass is 19.4. The molecule has 0 saturated heterocycles. The van der Waals surface area contributed by atoms with E-state index in [1.165, 1.54) is 12.4 Å². The molecule has 0 unspecified atom stereocenters. The maximum Gasteiger partial charge on any atom is 0.428 e. The van der Waals surface area contributed by atoms with Crippen LogP contribution >= 0.6 is 0 Å². The molecule has 0 N–H and O–H groups in total. The van der Waals surface area contributed by atoms with E-state index in [1.807, 2.05) is 13.8 Å². The van der Waals surface area contributed by atoms with Crippen LogP contribution in [-0.4, -0.2) is 43.0 Å². The molecule has 160 valence electrons. The minimum atomic E-state index is -4.59. The van der Waals surface area contributed by atoms with Gasteiger partial charge in [0.1, 0.15) is 6.10 Å². The Morgan fingerprint density at radius 3 is 2.57 bits per heavy atom. The lowest BCUT2D eigenvalue weighted by atomic mass is 9.79. The molecule has 30 heavy (non-hydrogen) atoms. The summed E-state index contributed by atoms with van der Waals surface area (Å²) >= 11 is 0. The average Bonchev–Trinajstić information content (AvgIpc) is 3.08. The fourth-order valence-corrected chi connectivity index (χ4v) is 3.34. The third-order valence-corrected chi connectivity index (χ3v) is 5.17. The maximum absolute atomic E-state index is 14.5. The van der Waals surface area contributed by atoms with Crippen molar-refractivity contribution in [3.8, 4) is 17.1 Å². The van der Waals surface area contributed by atoms with Gasteiger partial charge in [0.05, 0.1) is 11.9 Å². The van der Waals surface area contributed by atoms with Gasteiger partial charge >= 0.3 is 6.18 Å². The third-order valence-electron chi connectivity index (χ3n) is 5.17. The van der Waals surface area contributed by atoms with Gasteiger partial charge in [0, 0.05) is 24.6 Å². The van der Waals surface area contributed by atoms with Crippen molar-refractivity contribution >= 4 is 5.65 Å². The zero-order chi connectivity index (χ0) is 21.5. The molecule has 1 fully saturated rings. The number of fused-ring (bicyclic) bond motifs is 1. The van der Waals surface area contributed by atoms with E-state index in [2.05, 4.69) is 20.2 Å². The number of aromatic nitrogens is 5. The second-order valence-electron chi connectivity index (χ2n) is 7.12. The van der Waals surface area contributed by atoms with Crippen molar-refractivity contribution in [3.63, 3.8) is 0 Å². The van der Waals surface area contributed by atoms with Crippen molar-refractivity contribution in [2.75, 3.05) is 6.61 Å². The average molecular weight is 425 g/mol. The smallest absolute Gasteiger partial charge is 0.428 e. The summed E-state index contributed by atoms with van der Waals surface area (Å²) in [5.41, 5.74) is -1.27. The van der Waals surface area contributed by atoms with Crippen LogP contribution in [0.4, 0.5) is 17.6 Å². The minimum absolute atomic E-state index is 0.216. The molecule has 1 atom stereocenters. The summed E-state index contributed by atoms with van der Waals surface area (Å²) < 4.78 is 66.6. The van der Waals surface area contributed by atoms with Gasteiger partial charge in [-0.2, -0.15) is 13.2 Å². The molecule has 1 aliphatic rings. The van der Waals surface area contributed by atoms with E-state index in [-0.39, 0.29) is 24.5 Å². The van der Waals surface area contributed by atoms with Gasteiger partial charge in [-0.15, -0.1) is 10.2 Å². The lowest BCUT2D eigenvalue weighted by Crippen LogP contribution is -2.55. The van der Waals surface area contributed by atoms with Crippen molar-refractivity contribution in [2.45, 2.75) is 51.0 Å². The van der Waals surface area contributed by atoms with Gasteiger partial charge in [0.15, 0.2) is 17.3 Å². The summed E-state index contributed by atoms with van der Waals surface area (Å²) in [6, 6.07) is 1.05. The molecule has 4 rings (SSSR count). The summed E-state index contributed by atoms with van der Waals surface area (Å²) in [4.78, 5) is 8.00. The standard InChI is InChI=1S/C19H19F4N5O2/c1-3-29-11(2)16-27-26-15-9-24-14(10-28(15)16)12-7-13(20)17(25-8-12)30-18(5-4-6-18)19(21,22)23/h7-11H,3-6H2,1-2H3/t11-/m1/s1. The van der Waals surface area contributed by atoms with Gasteiger partial charge in [0.2, 0.25) is 5.60 Å². The molecular weight excluding hydrogens is 406 g/mol. The molecule has 0 bridgehead atoms. The number of nitrogens with zero attached hydrogens (tertiary/aromatic N) is 5. The van der Waals surface area contributed by atoms with Crippen LogP contribution in [0.3, 0.4) is 0 Å². The highest BCUT2D eigenvalue weighted by Crippen LogP contribution is 2.48. The molecule has 1 saturated carbocycles. The Kier molecular flexibility index (Phi) is 5.08. The Morgan fingerprint density at radius 2 is 1.97 bits per heavy atom. The molecule has 0 radical (unpaired) electrons. The molecule has 0 aliphatic heterocycles. The van der Waals surface area contributed by atoms with Gasteiger partial charge in [-0.05, 0) is 39.2 Å². The van der Waals surface area contributed by atoms with Crippen LogP contribution in [0.1, 0.15) is 45.0 Å². The number of halogens is 4. The van der Waals surface area contributed by atoms with Gasteiger partial charge in [0.25, 0.3) is 5.88 Å². The lowest BCUT2D eigenvalue weighted by molar-refractivity contribution is -0.275. The molecule has 0 spiro atoms. The number of hydrogen-bond donors (Lipinski definition) is 0. The molecule has 3 heterocycles. The lowest BCUT2D eigenvalue weighted by Gasteiger charge is -2.42. The minimum Gasteiger partial charge on any atom is -0.459 e. The van der Waals surface area contributed by atoms with Crippen LogP contribution in [0.5, 0.6) is 5.88 Å². The highest BCUT2D eigenvalue weighted by molar-refractivity contribution is 5.59. The van der Waals surface area contributed by atoms with E-state index in [0.717, 1.165) is 6.07 Å². The molecule has 0 amide bonds. The molecule has 0 aromatic carbocycles. The Morgan fingerprint density at radius 1 is 1.20 bits per heavy atom. The van der Waals surface area contributed by atoms with Crippen molar-refractivity contribution in [1.82, 2.24) is 24.6 Å². The zero-order valence-corrected chi connectivity index (χ0v) is 16.3. The summed E-state index contributed by atoms with van der Waals surface area (Å²) in [6.45, 7) is 4.17. The van der Waals surface area contributed by atoms with E-state index in [1.54, 1.807) is 10.6 Å². The van der Waals surface area contributed by atoms with Crippen molar-refractivity contribution in [1.29, 1.82) is 0 Å². The van der Waals surface area contributed by atoms with Crippen LogP contribution in [0.2, 0.25) is 0 Å².